The number of nitrogens with one attached hydrogen (secondary N) is 1. The van der Waals surface area contributed by atoms with Crippen molar-refractivity contribution < 1.29 is 0 Å². The van der Waals surface area contributed by atoms with Gasteiger partial charge in [0.1, 0.15) is 0 Å². The number of hydrogen-bond donors (Lipinski definition) is 1. The van der Waals surface area contributed by atoms with Crippen LogP contribution in [-0.4, -0.2) is 12.6 Å². The molecule has 0 aromatic heterocycles. The van der Waals surface area contributed by atoms with E-state index in [2.05, 4.69) is 38.2 Å². The summed E-state index contributed by atoms with van der Waals surface area (Å²) < 4.78 is 0. The van der Waals surface area contributed by atoms with Gasteiger partial charge in [0.05, 0.1) is 0 Å². The van der Waals surface area contributed by atoms with E-state index in [1.54, 1.807) is 0 Å². The molecule has 0 saturated carbocycles. The molecular formula is C12H25N. The van der Waals surface area contributed by atoms with Gasteiger partial charge in [0.25, 0.3) is 0 Å². The zero-order chi connectivity index (χ0) is 9.94. The van der Waals surface area contributed by atoms with Crippen molar-refractivity contribution in [3.8, 4) is 0 Å². The molecule has 0 aliphatic carbocycles. The lowest BCUT2D eigenvalue weighted by Crippen LogP contribution is -2.24. The Hall–Kier alpha value is -0.300. The maximum absolute atomic E-state index is 3.49. The standard InChI is InChI=1S/C12H25N/c1-4-6-8-10-12(3)13-11-9-7-5-2/h8,10,12-13H,4-7,9,11H2,1-3H3. The Morgan fingerprint density at radius 3 is 2.54 bits per heavy atom. The van der Waals surface area contributed by atoms with E-state index in [0.29, 0.717) is 6.04 Å². The van der Waals surface area contributed by atoms with Gasteiger partial charge in [-0.25, -0.2) is 0 Å². The summed E-state index contributed by atoms with van der Waals surface area (Å²) in [4.78, 5) is 0. The lowest BCUT2D eigenvalue weighted by atomic mass is 10.2. The summed E-state index contributed by atoms with van der Waals surface area (Å²) in [7, 11) is 0. The van der Waals surface area contributed by atoms with Crippen molar-refractivity contribution >= 4 is 0 Å². The maximum atomic E-state index is 3.49. The molecule has 13 heavy (non-hydrogen) atoms. The molecule has 1 atom stereocenters. The highest BCUT2D eigenvalue weighted by Crippen LogP contribution is 1.94. The van der Waals surface area contributed by atoms with E-state index in [4.69, 9.17) is 0 Å². The fourth-order valence-corrected chi connectivity index (χ4v) is 1.24. The first-order valence-electron chi connectivity index (χ1n) is 5.71. The zero-order valence-corrected chi connectivity index (χ0v) is 9.47. The van der Waals surface area contributed by atoms with Crippen LogP contribution < -0.4 is 5.32 Å². The Bertz CT molecular complexity index is 118. The molecule has 0 radical (unpaired) electrons. The summed E-state index contributed by atoms with van der Waals surface area (Å²) in [5.41, 5.74) is 0. The Kier molecular flexibility index (Phi) is 9.56. The highest BCUT2D eigenvalue weighted by atomic mass is 14.9. The van der Waals surface area contributed by atoms with E-state index in [9.17, 15) is 0 Å². The van der Waals surface area contributed by atoms with Gasteiger partial charge in [0, 0.05) is 6.04 Å². The van der Waals surface area contributed by atoms with E-state index >= 15 is 0 Å². The van der Waals surface area contributed by atoms with Crippen LogP contribution in [0.3, 0.4) is 0 Å². The molecule has 1 unspecified atom stereocenters. The normalized spacial score (nSPS) is 13.8. The predicted molar refractivity (Wildman–Crippen MR) is 61.0 cm³/mol. The molecule has 0 aliphatic rings. The van der Waals surface area contributed by atoms with Gasteiger partial charge < -0.3 is 5.32 Å². The van der Waals surface area contributed by atoms with Crippen molar-refractivity contribution in [2.75, 3.05) is 6.54 Å². The molecule has 0 spiro atoms. The predicted octanol–water partition coefficient (Wildman–Crippen LogP) is 3.51. The zero-order valence-electron chi connectivity index (χ0n) is 9.47. The minimum absolute atomic E-state index is 0.545. The lowest BCUT2D eigenvalue weighted by Gasteiger charge is -2.08. The third-order valence-corrected chi connectivity index (χ3v) is 2.13. The lowest BCUT2D eigenvalue weighted by molar-refractivity contribution is 0.583. The van der Waals surface area contributed by atoms with E-state index in [1.165, 1.54) is 32.1 Å². The van der Waals surface area contributed by atoms with Crippen LogP contribution in [0.25, 0.3) is 0 Å². The van der Waals surface area contributed by atoms with Crippen LogP contribution in [0.4, 0.5) is 0 Å². The van der Waals surface area contributed by atoms with Crippen molar-refractivity contribution in [3.05, 3.63) is 12.2 Å². The minimum atomic E-state index is 0.545. The topological polar surface area (TPSA) is 12.0 Å². The SMILES string of the molecule is CCCC=CC(C)NCCCCC. The van der Waals surface area contributed by atoms with Crippen LogP contribution in [0.15, 0.2) is 12.2 Å². The summed E-state index contributed by atoms with van der Waals surface area (Å²) in [6.45, 7) is 7.83. The van der Waals surface area contributed by atoms with E-state index in [0.717, 1.165) is 6.54 Å². The average molecular weight is 183 g/mol. The molecule has 0 fully saturated rings. The van der Waals surface area contributed by atoms with Crippen molar-refractivity contribution in [2.45, 2.75) is 58.9 Å². The Labute approximate surface area is 83.6 Å². The van der Waals surface area contributed by atoms with E-state index in [-0.39, 0.29) is 0 Å². The third kappa shape index (κ3) is 9.62. The van der Waals surface area contributed by atoms with Gasteiger partial charge in [-0.3, -0.25) is 0 Å². The van der Waals surface area contributed by atoms with Gasteiger partial charge in [0.15, 0.2) is 0 Å². The van der Waals surface area contributed by atoms with Crippen molar-refractivity contribution in [2.24, 2.45) is 0 Å². The fraction of sp³-hybridized carbons (Fsp3) is 0.833. The molecule has 0 heterocycles. The Balaban J connectivity index is 3.24. The first-order valence-corrected chi connectivity index (χ1v) is 5.71. The van der Waals surface area contributed by atoms with Crippen molar-refractivity contribution in [3.63, 3.8) is 0 Å². The summed E-state index contributed by atoms with van der Waals surface area (Å²) in [6, 6.07) is 0.545. The van der Waals surface area contributed by atoms with Crippen LogP contribution in [0.1, 0.15) is 52.9 Å². The smallest absolute Gasteiger partial charge is 0.0221 e. The molecule has 1 N–H and O–H groups in total. The van der Waals surface area contributed by atoms with Crippen LogP contribution in [-0.2, 0) is 0 Å². The van der Waals surface area contributed by atoms with E-state index < -0.39 is 0 Å². The summed E-state index contributed by atoms with van der Waals surface area (Å²) in [5.74, 6) is 0. The monoisotopic (exact) mass is 183 g/mol. The molecule has 78 valence electrons. The summed E-state index contributed by atoms with van der Waals surface area (Å²) in [5, 5.41) is 3.49. The highest BCUT2D eigenvalue weighted by Gasteiger charge is 1.93. The quantitative estimate of drug-likeness (QED) is 0.448. The largest absolute Gasteiger partial charge is 0.311 e. The molecule has 0 bridgehead atoms. The number of allylic oxidation sites excluding steroid dienone is 1. The number of unbranched alkanes of at least 4 members (excludes halogenated alkanes) is 3. The van der Waals surface area contributed by atoms with Gasteiger partial charge in [0.2, 0.25) is 0 Å². The molecule has 0 aliphatic heterocycles. The summed E-state index contributed by atoms with van der Waals surface area (Å²) >= 11 is 0. The molecule has 0 saturated heterocycles. The first kappa shape index (κ1) is 12.7. The molecule has 0 rings (SSSR count). The minimum Gasteiger partial charge on any atom is -0.311 e. The van der Waals surface area contributed by atoms with E-state index in [1.807, 2.05) is 0 Å². The van der Waals surface area contributed by atoms with Gasteiger partial charge >= 0.3 is 0 Å². The van der Waals surface area contributed by atoms with Crippen LogP contribution in [0.2, 0.25) is 0 Å². The molecular weight excluding hydrogens is 158 g/mol. The van der Waals surface area contributed by atoms with Gasteiger partial charge in [-0.1, -0.05) is 45.3 Å². The fourth-order valence-electron chi connectivity index (χ4n) is 1.24. The maximum Gasteiger partial charge on any atom is 0.0221 e. The molecule has 0 amide bonds. The Morgan fingerprint density at radius 2 is 1.92 bits per heavy atom. The van der Waals surface area contributed by atoms with Gasteiger partial charge in [-0.15, -0.1) is 0 Å². The third-order valence-electron chi connectivity index (χ3n) is 2.13. The van der Waals surface area contributed by atoms with Gasteiger partial charge in [-0.05, 0) is 26.3 Å². The molecule has 0 aromatic carbocycles. The molecule has 1 heteroatoms. The second-order valence-electron chi connectivity index (χ2n) is 3.67. The van der Waals surface area contributed by atoms with Crippen molar-refractivity contribution in [1.29, 1.82) is 0 Å². The average Bonchev–Trinajstić information content (AvgIpc) is 2.13. The Morgan fingerprint density at radius 1 is 1.15 bits per heavy atom. The van der Waals surface area contributed by atoms with Crippen LogP contribution >= 0.6 is 0 Å². The summed E-state index contributed by atoms with van der Waals surface area (Å²) in [6.07, 6.45) is 11.0. The number of rotatable bonds is 8. The second kappa shape index (κ2) is 9.79. The van der Waals surface area contributed by atoms with Crippen LogP contribution in [0.5, 0.6) is 0 Å². The number of hydrogen-bond acceptors (Lipinski definition) is 1. The highest BCUT2D eigenvalue weighted by molar-refractivity contribution is 4.90. The van der Waals surface area contributed by atoms with Crippen LogP contribution in [0, 0.1) is 0 Å². The molecule has 0 aromatic rings. The second-order valence-corrected chi connectivity index (χ2v) is 3.67. The van der Waals surface area contributed by atoms with Gasteiger partial charge in [-0.2, -0.15) is 0 Å². The molecule has 1 nitrogen and oxygen atoms in total. The van der Waals surface area contributed by atoms with Crippen molar-refractivity contribution in [1.82, 2.24) is 5.32 Å². The first-order chi connectivity index (χ1) is 6.31.